The van der Waals surface area contributed by atoms with Crippen LogP contribution in [0.15, 0.2) is 48.5 Å². The Hall–Kier alpha value is -2.64. The minimum atomic E-state index is 0.0826. The number of likely N-dealkylation sites (tertiary alicyclic amines) is 2. The second-order valence-electron chi connectivity index (χ2n) is 8.43. The third-order valence-corrected chi connectivity index (χ3v) is 6.31. The van der Waals surface area contributed by atoms with Gasteiger partial charge in [-0.25, -0.2) is 0 Å². The van der Waals surface area contributed by atoms with Crippen LogP contribution in [0.2, 0.25) is 0 Å². The van der Waals surface area contributed by atoms with E-state index in [2.05, 4.69) is 35.2 Å². The highest BCUT2D eigenvalue weighted by atomic mass is 16.2. The molecule has 0 bridgehead atoms. The first-order chi connectivity index (χ1) is 14.2. The van der Waals surface area contributed by atoms with Crippen molar-refractivity contribution >= 4 is 5.91 Å². The molecule has 2 aromatic carbocycles. The second-order valence-corrected chi connectivity index (χ2v) is 8.43. The number of hydrogen-bond donors (Lipinski definition) is 0. The molecule has 4 nitrogen and oxygen atoms in total. The molecule has 0 radical (unpaired) electrons. The van der Waals surface area contributed by atoms with Crippen LogP contribution in [0.3, 0.4) is 0 Å². The molecule has 150 valence electrons. The largest absolute Gasteiger partial charge is 0.339 e. The maximum atomic E-state index is 12.7. The molecule has 2 aliphatic heterocycles. The van der Waals surface area contributed by atoms with Gasteiger partial charge in [-0.15, -0.1) is 0 Å². The number of carbonyl (C=O) groups excluding carboxylic acids is 1. The first-order valence-electron chi connectivity index (χ1n) is 10.8. The van der Waals surface area contributed by atoms with Gasteiger partial charge in [-0.2, -0.15) is 5.26 Å². The van der Waals surface area contributed by atoms with Gasteiger partial charge in [0.2, 0.25) is 0 Å². The molecule has 2 aromatic rings. The zero-order valence-electron chi connectivity index (χ0n) is 17.0. The van der Waals surface area contributed by atoms with Crippen molar-refractivity contribution in [1.82, 2.24) is 9.80 Å². The van der Waals surface area contributed by atoms with E-state index in [1.54, 1.807) is 24.3 Å². The van der Waals surface area contributed by atoms with Gasteiger partial charge in [0.25, 0.3) is 5.91 Å². The molecule has 2 saturated heterocycles. The molecule has 4 rings (SSSR count). The summed E-state index contributed by atoms with van der Waals surface area (Å²) in [4.78, 5) is 17.2. The van der Waals surface area contributed by atoms with Crippen LogP contribution in [-0.4, -0.2) is 41.9 Å². The molecule has 0 aromatic heterocycles. The predicted molar refractivity (Wildman–Crippen MR) is 114 cm³/mol. The molecule has 0 saturated carbocycles. The van der Waals surface area contributed by atoms with Crippen molar-refractivity contribution < 1.29 is 4.79 Å². The Morgan fingerprint density at radius 2 is 1.52 bits per heavy atom. The van der Waals surface area contributed by atoms with Crippen molar-refractivity contribution in [1.29, 1.82) is 5.26 Å². The Morgan fingerprint density at radius 1 is 0.897 bits per heavy atom. The second kappa shape index (κ2) is 9.24. The molecule has 2 aliphatic rings. The number of benzene rings is 2. The highest BCUT2D eigenvalue weighted by Crippen LogP contribution is 2.23. The Kier molecular flexibility index (Phi) is 6.27. The van der Waals surface area contributed by atoms with Gasteiger partial charge in [-0.05, 0) is 86.5 Å². The standard InChI is InChI=1S/C25H29N3O/c26-18-22-7-9-24(10-8-22)25(29)28-15-11-21(12-16-28)17-20-3-5-23(6-4-20)19-27-13-1-2-14-27/h3-10,21H,1-2,11-17,19H2. The van der Waals surface area contributed by atoms with Crippen molar-refractivity contribution in [3.63, 3.8) is 0 Å². The third-order valence-electron chi connectivity index (χ3n) is 6.31. The number of rotatable bonds is 5. The summed E-state index contributed by atoms with van der Waals surface area (Å²) in [6.07, 6.45) is 5.88. The predicted octanol–water partition coefficient (Wildman–Crippen LogP) is 4.25. The SMILES string of the molecule is N#Cc1ccc(C(=O)N2CCC(Cc3ccc(CN4CCCC4)cc3)CC2)cc1. The van der Waals surface area contributed by atoms with Gasteiger partial charge < -0.3 is 4.90 Å². The van der Waals surface area contributed by atoms with Crippen LogP contribution in [0.4, 0.5) is 0 Å². The first kappa shape index (κ1) is 19.7. The summed E-state index contributed by atoms with van der Waals surface area (Å²) in [6.45, 7) is 5.19. The minimum Gasteiger partial charge on any atom is -0.339 e. The van der Waals surface area contributed by atoms with E-state index in [0.29, 0.717) is 17.0 Å². The van der Waals surface area contributed by atoms with Gasteiger partial charge in [0.15, 0.2) is 0 Å². The van der Waals surface area contributed by atoms with Crippen LogP contribution < -0.4 is 0 Å². The summed E-state index contributed by atoms with van der Waals surface area (Å²) >= 11 is 0. The molecule has 2 fully saturated rings. The maximum absolute atomic E-state index is 12.7. The van der Waals surface area contributed by atoms with Crippen LogP contribution in [0, 0.1) is 17.2 Å². The van der Waals surface area contributed by atoms with Gasteiger partial charge in [0, 0.05) is 25.2 Å². The summed E-state index contributed by atoms with van der Waals surface area (Å²) in [5.41, 5.74) is 4.09. The van der Waals surface area contributed by atoms with Gasteiger partial charge >= 0.3 is 0 Å². The lowest BCUT2D eigenvalue weighted by Gasteiger charge is -2.32. The van der Waals surface area contributed by atoms with E-state index in [0.717, 1.165) is 38.9 Å². The lowest BCUT2D eigenvalue weighted by molar-refractivity contribution is 0.0690. The van der Waals surface area contributed by atoms with E-state index in [-0.39, 0.29) is 5.91 Å². The molecule has 0 aliphatic carbocycles. The fraction of sp³-hybridized carbons (Fsp3) is 0.440. The molecular formula is C25H29N3O. The fourth-order valence-electron chi connectivity index (χ4n) is 4.52. The molecule has 0 spiro atoms. The number of nitriles is 1. The van der Waals surface area contributed by atoms with Crippen molar-refractivity contribution in [2.75, 3.05) is 26.2 Å². The molecular weight excluding hydrogens is 358 g/mol. The van der Waals surface area contributed by atoms with Crippen LogP contribution in [0.1, 0.15) is 52.7 Å². The number of amides is 1. The summed E-state index contributed by atoms with van der Waals surface area (Å²) in [7, 11) is 0. The van der Waals surface area contributed by atoms with Crippen LogP contribution in [0.5, 0.6) is 0 Å². The van der Waals surface area contributed by atoms with E-state index >= 15 is 0 Å². The lowest BCUT2D eigenvalue weighted by atomic mass is 9.89. The maximum Gasteiger partial charge on any atom is 0.253 e. The highest BCUT2D eigenvalue weighted by molar-refractivity contribution is 5.94. The Bertz CT molecular complexity index is 852. The van der Waals surface area contributed by atoms with Gasteiger partial charge in [-0.3, -0.25) is 9.69 Å². The van der Waals surface area contributed by atoms with Crippen LogP contribution in [-0.2, 0) is 13.0 Å². The molecule has 29 heavy (non-hydrogen) atoms. The number of carbonyl (C=O) groups is 1. The van der Waals surface area contributed by atoms with Crippen molar-refractivity contribution in [3.8, 4) is 6.07 Å². The van der Waals surface area contributed by atoms with Crippen molar-refractivity contribution in [3.05, 3.63) is 70.8 Å². The average molecular weight is 388 g/mol. The zero-order chi connectivity index (χ0) is 20.1. The van der Waals surface area contributed by atoms with Gasteiger partial charge in [0.1, 0.15) is 0 Å². The zero-order valence-corrected chi connectivity index (χ0v) is 17.0. The van der Waals surface area contributed by atoms with Crippen molar-refractivity contribution in [2.45, 2.75) is 38.6 Å². The molecule has 0 N–H and O–H groups in total. The van der Waals surface area contributed by atoms with E-state index in [4.69, 9.17) is 5.26 Å². The quantitative estimate of drug-likeness (QED) is 0.771. The molecule has 2 heterocycles. The first-order valence-corrected chi connectivity index (χ1v) is 10.8. The number of hydrogen-bond acceptors (Lipinski definition) is 3. The Balaban J connectivity index is 1.26. The Labute approximate surface area is 173 Å². The van der Waals surface area contributed by atoms with Crippen LogP contribution >= 0.6 is 0 Å². The topological polar surface area (TPSA) is 47.3 Å². The highest BCUT2D eigenvalue weighted by Gasteiger charge is 2.23. The van der Waals surface area contributed by atoms with Gasteiger partial charge in [0.05, 0.1) is 11.6 Å². The monoisotopic (exact) mass is 387 g/mol. The van der Waals surface area contributed by atoms with E-state index in [9.17, 15) is 4.79 Å². The summed E-state index contributed by atoms with van der Waals surface area (Å²) in [6, 6.07) is 18.2. The lowest BCUT2D eigenvalue weighted by Crippen LogP contribution is -2.38. The fourth-order valence-corrected chi connectivity index (χ4v) is 4.52. The third kappa shape index (κ3) is 5.05. The normalized spacial score (nSPS) is 18.0. The smallest absolute Gasteiger partial charge is 0.253 e. The minimum absolute atomic E-state index is 0.0826. The van der Waals surface area contributed by atoms with Crippen molar-refractivity contribution in [2.24, 2.45) is 5.92 Å². The van der Waals surface area contributed by atoms with Crippen LogP contribution in [0.25, 0.3) is 0 Å². The molecule has 0 atom stereocenters. The van der Waals surface area contributed by atoms with E-state index < -0.39 is 0 Å². The number of piperidine rings is 1. The summed E-state index contributed by atoms with van der Waals surface area (Å²) < 4.78 is 0. The summed E-state index contributed by atoms with van der Waals surface area (Å²) in [5.74, 6) is 0.726. The summed E-state index contributed by atoms with van der Waals surface area (Å²) in [5, 5.41) is 8.90. The molecule has 0 unspecified atom stereocenters. The molecule has 1 amide bonds. The number of nitrogens with zero attached hydrogens (tertiary/aromatic N) is 3. The van der Waals surface area contributed by atoms with E-state index in [1.165, 1.54) is 37.1 Å². The average Bonchev–Trinajstić information content (AvgIpc) is 3.28. The van der Waals surface area contributed by atoms with E-state index in [1.807, 2.05) is 4.90 Å². The molecule has 4 heteroatoms. The van der Waals surface area contributed by atoms with Gasteiger partial charge in [-0.1, -0.05) is 24.3 Å². The Morgan fingerprint density at radius 3 is 2.14 bits per heavy atom.